The van der Waals surface area contributed by atoms with Crippen molar-refractivity contribution in [2.24, 2.45) is 0 Å². The average molecular weight is 306 g/mol. The van der Waals surface area contributed by atoms with Gasteiger partial charge in [-0.3, -0.25) is 0 Å². The Hall–Kier alpha value is -1.84. The summed E-state index contributed by atoms with van der Waals surface area (Å²) in [7, 11) is 0. The summed E-state index contributed by atoms with van der Waals surface area (Å²) in [6, 6.07) is 6.62. The minimum absolute atomic E-state index is 0.102. The zero-order valence-corrected chi connectivity index (χ0v) is 13.8. The lowest BCUT2D eigenvalue weighted by Gasteiger charge is -2.17. The number of esters is 2. The van der Waals surface area contributed by atoms with Gasteiger partial charge in [-0.15, -0.1) is 0 Å². The highest BCUT2D eigenvalue weighted by atomic mass is 16.5. The van der Waals surface area contributed by atoms with Crippen LogP contribution in [0.15, 0.2) is 24.3 Å². The van der Waals surface area contributed by atoms with Gasteiger partial charge in [0.25, 0.3) is 0 Å². The first-order valence-corrected chi connectivity index (χ1v) is 8.11. The van der Waals surface area contributed by atoms with E-state index in [4.69, 9.17) is 9.47 Å². The van der Waals surface area contributed by atoms with E-state index < -0.39 is 11.9 Å². The van der Waals surface area contributed by atoms with Crippen molar-refractivity contribution in [2.75, 3.05) is 6.61 Å². The fourth-order valence-corrected chi connectivity index (χ4v) is 2.23. The minimum atomic E-state index is -0.492. The molecule has 122 valence electrons. The van der Waals surface area contributed by atoms with Crippen LogP contribution in [0.4, 0.5) is 0 Å². The number of hydrogen-bond acceptors (Lipinski definition) is 4. The highest BCUT2D eigenvalue weighted by Crippen LogP contribution is 2.16. The van der Waals surface area contributed by atoms with E-state index in [1.807, 2.05) is 6.92 Å². The molecule has 22 heavy (non-hydrogen) atoms. The second-order valence-corrected chi connectivity index (χ2v) is 5.20. The summed E-state index contributed by atoms with van der Waals surface area (Å²) in [4.78, 5) is 24.3. The molecule has 0 radical (unpaired) electrons. The molecule has 0 heterocycles. The summed E-state index contributed by atoms with van der Waals surface area (Å²) in [6.07, 6.45) is 4.84. The van der Waals surface area contributed by atoms with Crippen LogP contribution in [0, 0.1) is 0 Å². The van der Waals surface area contributed by atoms with Crippen LogP contribution >= 0.6 is 0 Å². The number of carbonyl (C=O) groups excluding carboxylic acids is 2. The highest BCUT2D eigenvalue weighted by Gasteiger charge is 2.21. The summed E-state index contributed by atoms with van der Waals surface area (Å²) in [5.74, 6) is -0.943. The van der Waals surface area contributed by atoms with Crippen LogP contribution in [-0.4, -0.2) is 24.6 Å². The van der Waals surface area contributed by atoms with Gasteiger partial charge in [0.2, 0.25) is 0 Å². The maximum absolute atomic E-state index is 12.3. The Bertz CT molecular complexity index is 482. The monoisotopic (exact) mass is 306 g/mol. The summed E-state index contributed by atoms with van der Waals surface area (Å²) in [5, 5.41) is 0. The molecular formula is C18H26O4. The molecule has 1 rings (SSSR count). The third kappa shape index (κ3) is 5.51. The van der Waals surface area contributed by atoms with Gasteiger partial charge in [0.05, 0.1) is 17.7 Å². The number of rotatable bonds is 9. The Morgan fingerprint density at radius 1 is 1.00 bits per heavy atom. The van der Waals surface area contributed by atoms with Gasteiger partial charge < -0.3 is 9.47 Å². The number of carbonyl (C=O) groups is 2. The first-order valence-electron chi connectivity index (χ1n) is 8.11. The second kappa shape index (κ2) is 9.98. The quantitative estimate of drug-likeness (QED) is 0.502. The van der Waals surface area contributed by atoms with Crippen LogP contribution in [0.5, 0.6) is 0 Å². The number of unbranched alkanes of at least 4 members (excludes halogenated alkanes) is 2. The lowest BCUT2D eigenvalue weighted by Crippen LogP contribution is -2.20. The van der Waals surface area contributed by atoms with Gasteiger partial charge in [-0.1, -0.05) is 38.8 Å². The van der Waals surface area contributed by atoms with Crippen LogP contribution in [0.2, 0.25) is 0 Å². The van der Waals surface area contributed by atoms with Crippen molar-refractivity contribution in [1.82, 2.24) is 0 Å². The Kier molecular flexibility index (Phi) is 8.26. The minimum Gasteiger partial charge on any atom is -0.462 e. The van der Waals surface area contributed by atoms with Gasteiger partial charge in [0.15, 0.2) is 0 Å². The topological polar surface area (TPSA) is 52.6 Å². The smallest absolute Gasteiger partial charge is 0.339 e. The van der Waals surface area contributed by atoms with Gasteiger partial charge in [0.1, 0.15) is 6.10 Å². The maximum Gasteiger partial charge on any atom is 0.339 e. The molecule has 1 aromatic rings. The molecule has 0 aromatic heterocycles. The zero-order chi connectivity index (χ0) is 16.4. The first kappa shape index (κ1) is 18.2. The SMILES string of the molecule is CCCCCC(CC)OC(=O)c1ccccc1C(=O)OCC. The molecular weight excluding hydrogens is 280 g/mol. The largest absolute Gasteiger partial charge is 0.462 e. The van der Waals surface area contributed by atoms with Crippen molar-refractivity contribution in [3.63, 3.8) is 0 Å². The molecule has 0 fully saturated rings. The van der Waals surface area contributed by atoms with Crippen molar-refractivity contribution >= 4 is 11.9 Å². The maximum atomic E-state index is 12.3. The van der Waals surface area contributed by atoms with Gasteiger partial charge in [-0.05, 0) is 38.3 Å². The molecule has 1 unspecified atom stereocenters. The summed E-state index contributed by atoms with van der Waals surface area (Å²) in [5.41, 5.74) is 0.535. The van der Waals surface area contributed by atoms with Gasteiger partial charge in [-0.2, -0.15) is 0 Å². The van der Waals surface area contributed by atoms with Crippen LogP contribution in [0.3, 0.4) is 0 Å². The molecule has 0 aliphatic carbocycles. The van der Waals surface area contributed by atoms with E-state index in [1.54, 1.807) is 31.2 Å². The van der Waals surface area contributed by atoms with E-state index >= 15 is 0 Å². The fourth-order valence-electron chi connectivity index (χ4n) is 2.23. The molecule has 1 atom stereocenters. The van der Waals surface area contributed by atoms with E-state index in [2.05, 4.69) is 6.92 Å². The van der Waals surface area contributed by atoms with Crippen LogP contribution in [-0.2, 0) is 9.47 Å². The number of hydrogen-bond donors (Lipinski definition) is 0. The van der Waals surface area contributed by atoms with E-state index in [1.165, 1.54) is 0 Å². The molecule has 4 nitrogen and oxygen atoms in total. The number of benzene rings is 1. The Balaban J connectivity index is 2.77. The first-order chi connectivity index (χ1) is 10.6. The molecule has 0 spiro atoms. The van der Waals surface area contributed by atoms with Gasteiger partial charge in [0, 0.05) is 0 Å². The summed E-state index contributed by atoms with van der Waals surface area (Å²) >= 11 is 0. The molecule has 0 aliphatic heterocycles. The molecule has 0 bridgehead atoms. The van der Waals surface area contributed by atoms with Crippen LogP contribution < -0.4 is 0 Å². The second-order valence-electron chi connectivity index (χ2n) is 5.20. The molecule has 4 heteroatoms. The van der Waals surface area contributed by atoms with Crippen molar-refractivity contribution in [3.05, 3.63) is 35.4 Å². The van der Waals surface area contributed by atoms with E-state index in [0.717, 1.165) is 32.1 Å². The third-order valence-corrected chi connectivity index (χ3v) is 3.50. The lowest BCUT2D eigenvalue weighted by atomic mass is 10.1. The van der Waals surface area contributed by atoms with Crippen molar-refractivity contribution in [1.29, 1.82) is 0 Å². The van der Waals surface area contributed by atoms with Crippen molar-refractivity contribution in [3.8, 4) is 0 Å². The molecule has 0 saturated heterocycles. The Morgan fingerprint density at radius 3 is 2.18 bits per heavy atom. The molecule has 1 aromatic carbocycles. The van der Waals surface area contributed by atoms with Gasteiger partial charge in [-0.25, -0.2) is 9.59 Å². The lowest BCUT2D eigenvalue weighted by molar-refractivity contribution is 0.0259. The predicted octanol–water partition coefficient (Wildman–Crippen LogP) is 4.38. The van der Waals surface area contributed by atoms with Crippen molar-refractivity contribution in [2.45, 2.75) is 59.0 Å². The normalized spacial score (nSPS) is 11.8. The number of ether oxygens (including phenoxy) is 2. The van der Waals surface area contributed by atoms with E-state index in [-0.39, 0.29) is 23.8 Å². The van der Waals surface area contributed by atoms with Crippen LogP contribution in [0.1, 0.15) is 73.6 Å². The standard InChI is InChI=1S/C18H26O4/c1-4-7-8-11-14(5-2)22-18(20)16-13-10-9-12-15(16)17(19)21-6-3/h9-10,12-14H,4-8,11H2,1-3H3. The molecule has 0 saturated carbocycles. The summed E-state index contributed by atoms with van der Waals surface area (Å²) < 4.78 is 10.5. The Labute approximate surface area is 132 Å². The van der Waals surface area contributed by atoms with Crippen LogP contribution in [0.25, 0.3) is 0 Å². The molecule has 0 N–H and O–H groups in total. The molecule has 0 aliphatic rings. The van der Waals surface area contributed by atoms with Crippen molar-refractivity contribution < 1.29 is 19.1 Å². The van der Waals surface area contributed by atoms with E-state index in [0.29, 0.717) is 0 Å². The Morgan fingerprint density at radius 2 is 1.64 bits per heavy atom. The molecule has 0 amide bonds. The fraction of sp³-hybridized carbons (Fsp3) is 0.556. The highest BCUT2D eigenvalue weighted by molar-refractivity contribution is 6.03. The van der Waals surface area contributed by atoms with E-state index in [9.17, 15) is 9.59 Å². The third-order valence-electron chi connectivity index (χ3n) is 3.50. The average Bonchev–Trinajstić information content (AvgIpc) is 2.54. The predicted molar refractivity (Wildman–Crippen MR) is 86.0 cm³/mol. The summed E-state index contributed by atoms with van der Waals surface area (Å²) in [6.45, 7) is 6.15. The zero-order valence-electron chi connectivity index (χ0n) is 13.8. The van der Waals surface area contributed by atoms with Gasteiger partial charge >= 0.3 is 11.9 Å².